The van der Waals surface area contributed by atoms with E-state index in [2.05, 4.69) is 34.5 Å². The van der Waals surface area contributed by atoms with Gasteiger partial charge in [0.05, 0.1) is 0 Å². The maximum absolute atomic E-state index is 11.4. The van der Waals surface area contributed by atoms with Crippen molar-refractivity contribution in [1.82, 2.24) is 10.2 Å². The molecule has 1 aromatic carbocycles. The third-order valence-corrected chi connectivity index (χ3v) is 3.19. The fourth-order valence-corrected chi connectivity index (χ4v) is 2.34. The molecule has 0 saturated carbocycles. The van der Waals surface area contributed by atoms with E-state index < -0.39 is 0 Å². The zero-order chi connectivity index (χ0) is 12.8. The van der Waals surface area contributed by atoms with Gasteiger partial charge in [-0.1, -0.05) is 36.4 Å². The topological polar surface area (TPSA) is 32.3 Å². The highest BCUT2D eigenvalue weighted by Gasteiger charge is 2.22. The number of rotatable bonds is 4. The SMILES string of the molecule is CC=CC(=O)NC1CCN(Cc2ccccc2)C1. The monoisotopic (exact) mass is 244 g/mol. The van der Waals surface area contributed by atoms with Crippen molar-refractivity contribution in [3.05, 3.63) is 48.0 Å². The fourth-order valence-electron chi connectivity index (χ4n) is 2.34. The largest absolute Gasteiger partial charge is 0.348 e. The van der Waals surface area contributed by atoms with Crippen LogP contribution in [0.4, 0.5) is 0 Å². The summed E-state index contributed by atoms with van der Waals surface area (Å²) in [6.45, 7) is 4.82. The number of carbonyl (C=O) groups excluding carboxylic acids is 1. The van der Waals surface area contributed by atoms with Gasteiger partial charge in [-0.3, -0.25) is 9.69 Å². The standard InChI is InChI=1S/C15H20N2O/c1-2-6-15(18)16-14-9-10-17(12-14)11-13-7-4-3-5-8-13/h2-8,14H,9-12H2,1H3,(H,16,18). The molecule has 1 aliphatic heterocycles. The number of hydrogen-bond donors (Lipinski definition) is 1. The Bertz CT molecular complexity index is 414. The van der Waals surface area contributed by atoms with E-state index >= 15 is 0 Å². The molecule has 0 radical (unpaired) electrons. The lowest BCUT2D eigenvalue weighted by Gasteiger charge is -2.16. The summed E-state index contributed by atoms with van der Waals surface area (Å²) in [5.74, 6) is 0.0176. The van der Waals surface area contributed by atoms with Gasteiger partial charge in [0.15, 0.2) is 0 Å². The number of carbonyl (C=O) groups is 1. The van der Waals surface area contributed by atoms with Gasteiger partial charge in [0, 0.05) is 25.7 Å². The minimum Gasteiger partial charge on any atom is -0.348 e. The zero-order valence-corrected chi connectivity index (χ0v) is 10.8. The molecule has 1 N–H and O–H groups in total. The third-order valence-electron chi connectivity index (χ3n) is 3.19. The Hall–Kier alpha value is -1.61. The average molecular weight is 244 g/mol. The molecule has 1 heterocycles. The van der Waals surface area contributed by atoms with Crippen molar-refractivity contribution in [1.29, 1.82) is 0 Å². The first-order valence-corrected chi connectivity index (χ1v) is 6.47. The minimum atomic E-state index is 0.0176. The molecular weight excluding hydrogens is 224 g/mol. The number of nitrogens with one attached hydrogen (secondary N) is 1. The molecule has 3 nitrogen and oxygen atoms in total. The van der Waals surface area contributed by atoms with Crippen LogP contribution in [0.1, 0.15) is 18.9 Å². The van der Waals surface area contributed by atoms with Crippen LogP contribution in [0.25, 0.3) is 0 Å². The molecule has 2 rings (SSSR count). The maximum atomic E-state index is 11.4. The molecule has 1 saturated heterocycles. The summed E-state index contributed by atoms with van der Waals surface area (Å²) in [7, 11) is 0. The van der Waals surface area contributed by atoms with E-state index in [1.54, 1.807) is 12.2 Å². The first-order chi connectivity index (χ1) is 8.78. The van der Waals surface area contributed by atoms with Crippen LogP contribution in [0.3, 0.4) is 0 Å². The number of amides is 1. The number of benzene rings is 1. The van der Waals surface area contributed by atoms with Crippen LogP contribution in [0, 0.1) is 0 Å². The Kier molecular flexibility index (Phi) is 4.53. The van der Waals surface area contributed by atoms with Crippen LogP contribution in [-0.4, -0.2) is 29.9 Å². The summed E-state index contributed by atoms with van der Waals surface area (Å²) in [6, 6.07) is 10.7. The molecule has 1 unspecified atom stereocenters. The van der Waals surface area contributed by atoms with Gasteiger partial charge in [-0.2, -0.15) is 0 Å². The third kappa shape index (κ3) is 3.70. The highest BCUT2D eigenvalue weighted by Crippen LogP contribution is 2.13. The summed E-state index contributed by atoms with van der Waals surface area (Å²) < 4.78 is 0. The molecule has 1 fully saturated rings. The summed E-state index contributed by atoms with van der Waals surface area (Å²) in [6.07, 6.45) is 4.39. The van der Waals surface area contributed by atoms with Gasteiger partial charge in [-0.25, -0.2) is 0 Å². The van der Waals surface area contributed by atoms with Gasteiger partial charge in [-0.05, 0) is 25.0 Å². The lowest BCUT2D eigenvalue weighted by molar-refractivity contribution is -0.117. The molecule has 3 heteroatoms. The van der Waals surface area contributed by atoms with Crippen molar-refractivity contribution in [2.75, 3.05) is 13.1 Å². The molecule has 1 aliphatic rings. The molecule has 96 valence electrons. The van der Waals surface area contributed by atoms with Crippen molar-refractivity contribution in [3.63, 3.8) is 0 Å². The van der Waals surface area contributed by atoms with E-state index in [-0.39, 0.29) is 11.9 Å². The van der Waals surface area contributed by atoms with Crippen LogP contribution in [-0.2, 0) is 11.3 Å². The van der Waals surface area contributed by atoms with Crippen molar-refractivity contribution >= 4 is 5.91 Å². The second-order valence-corrected chi connectivity index (χ2v) is 4.71. The van der Waals surface area contributed by atoms with Crippen LogP contribution in [0.15, 0.2) is 42.5 Å². The number of likely N-dealkylation sites (tertiary alicyclic amines) is 1. The van der Waals surface area contributed by atoms with Gasteiger partial charge >= 0.3 is 0 Å². The molecule has 0 bridgehead atoms. The van der Waals surface area contributed by atoms with Crippen molar-refractivity contribution in [2.45, 2.75) is 25.9 Å². The van der Waals surface area contributed by atoms with E-state index in [1.807, 2.05) is 13.0 Å². The van der Waals surface area contributed by atoms with E-state index in [0.717, 1.165) is 26.1 Å². The highest BCUT2D eigenvalue weighted by molar-refractivity contribution is 5.87. The van der Waals surface area contributed by atoms with Crippen LogP contribution < -0.4 is 5.32 Å². The Morgan fingerprint density at radius 3 is 2.94 bits per heavy atom. The van der Waals surface area contributed by atoms with Gasteiger partial charge < -0.3 is 5.32 Å². The van der Waals surface area contributed by atoms with Gasteiger partial charge in [-0.15, -0.1) is 0 Å². The molecule has 18 heavy (non-hydrogen) atoms. The van der Waals surface area contributed by atoms with E-state index in [0.29, 0.717) is 0 Å². The molecule has 0 aromatic heterocycles. The van der Waals surface area contributed by atoms with Gasteiger partial charge in [0.25, 0.3) is 0 Å². The number of allylic oxidation sites excluding steroid dienone is 1. The summed E-state index contributed by atoms with van der Waals surface area (Å²) in [5.41, 5.74) is 1.33. The second kappa shape index (κ2) is 6.36. The Morgan fingerprint density at radius 2 is 2.22 bits per heavy atom. The van der Waals surface area contributed by atoms with Crippen LogP contribution in [0.2, 0.25) is 0 Å². The van der Waals surface area contributed by atoms with E-state index in [4.69, 9.17) is 0 Å². The molecular formula is C15H20N2O. The smallest absolute Gasteiger partial charge is 0.243 e. The maximum Gasteiger partial charge on any atom is 0.243 e. The van der Waals surface area contributed by atoms with Gasteiger partial charge in [0.1, 0.15) is 0 Å². The van der Waals surface area contributed by atoms with Crippen molar-refractivity contribution in [2.24, 2.45) is 0 Å². The highest BCUT2D eigenvalue weighted by atomic mass is 16.1. The van der Waals surface area contributed by atoms with E-state index in [9.17, 15) is 4.79 Å². The van der Waals surface area contributed by atoms with Crippen LogP contribution in [0.5, 0.6) is 0 Å². The molecule has 0 aliphatic carbocycles. The molecule has 1 atom stereocenters. The number of nitrogens with zero attached hydrogens (tertiary/aromatic N) is 1. The average Bonchev–Trinajstić information content (AvgIpc) is 2.78. The summed E-state index contributed by atoms with van der Waals surface area (Å²) >= 11 is 0. The van der Waals surface area contributed by atoms with Gasteiger partial charge in [0.2, 0.25) is 5.91 Å². The lowest BCUT2D eigenvalue weighted by atomic mass is 10.2. The van der Waals surface area contributed by atoms with Crippen molar-refractivity contribution in [3.8, 4) is 0 Å². The molecule has 1 aromatic rings. The zero-order valence-electron chi connectivity index (χ0n) is 10.8. The fraction of sp³-hybridized carbons (Fsp3) is 0.400. The second-order valence-electron chi connectivity index (χ2n) is 4.71. The normalized spacial score (nSPS) is 20.4. The predicted octanol–water partition coefficient (Wildman–Crippen LogP) is 1.95. The molecule has 1 amide bonds. The first kappa shape index (κ1) is 12.8. The first-order valence-electron chi connectivity index (χ1n) is 6.47. The van der Waals surface area contributed by atoms with Crippen LogP contribution >= 0.6 is 0 Å². The Balaban J connectivity index is 1.80. The van der Waals surface area contributed by atoms with E-state index in [1.165, 1.54) is 5.56 Å². The molecule has 0 spiro atoms. The summed E-state index contributed by atoms with van der Waals surface area (Å²) in [5, 5.41) is 3.03. The predicted molar refractivity (Wildman–Crippen MR) is 73.1 cm³/mol. The Morgan fingerprint density at radius 1 is 1.44 bits per heavy atom. The van der Waals surface area contributed by atoms with Crippen molar-refractivity contribution < 1.29 is 4.79 Å². The minimum absolute atomic E-state index is 0.0176. The Labute approximate surface area is 108 Å². The quantitative estimate of drug-likeness (QED) is 0.821. The lowest BCUT2D eigenvalue weighted by Crippen LogP contribution is -2.35. The summed E-state index contributed by atoms with van der Waals surface area (Å²) in [4.78, 5) is 13.8. The number of hydrogen-bond acceptors (Lipinski definition) is 2.